The standard InChI is InChI=1S/C35H70O4/c1-4-7-10-12-23-27-32-38-35(39-33-28-24-13-11-8-5-2)29-25-21-19-17-15-14-16-18-20-22-26-31-37-34-36-30-9-6-3/h26,31,35H,4-25,27-30,32-34H2,1-3H3. The molecule has 0 radical (unpaired) electrons. The monoisotopic (exact) mass is 555 g/mol. The van der Waals surface area contributed by atoms with Crippen LogP contribution in [-0.2, 0) is 18.9 Å². The van der Waals surface area contributed by atoms with E-state index in [1.807, 2.05) is 0 Å². The first-order valence-corrected chi connectivity index (χ1v) is 17.4. The van der Waals surface area contributed by atoms with E-state index < -0.39 is 0 Å². The van der Waals surface area contributed by atoms with E-state index in [-0.39, 0.29) is 6.29 Å². The van der Waals surface area contributed by atoms with Gasteiger partial charge in [0, 0.05) is 13.2 Å². The molecular formula is C35H70O4. The van der Waals surface area contributed by atoms with Gasteiger partial charge in [-0.1, -0.05) is 136 Å². The van der Waals surface area contributed by atoms with Crippen molar-refractivity contribution in [3.05, 3.63) is 12.3 Å². The van der Waals surface area contributed by atoms with Crippen LogP contribution in [0.25, 0.3) is 0 Å². The van der Waals surface area contributed by atoms with Crippen molar-refractivity contribution in [2.45, 2.75) is 188 Å². The maximum absolute atomic E-state index is 6.19. The zero-order chi connectivity index (χ0) is 28.3. The van der Waals surface area contributed by atoms with Gasteiger partial charge in [-0.2, -0.15) is 0 Å². The lowest BCUT2D eigenvalue weighted by Gasteiger charge is -2.19. The molecular weight excluding hydrogens is 484 g/mol. The third kappa shape index (κ3) is 33.5. The summed E-state index contributed by atoms with van der Waals surface area (Å²) in [7, 11) is 0. The molecule has 0 aliphatic rings. The fourth-order valence-corrected chi connectivity index (χ4v) is 4.75. The maximum atomic E-state index is 6.19. The first-order chi connectivity index (χ1) is 19.3. The molecule has 0 aromatic rings. The second kappa shape index (κ2) is 35.4. The zero-order valence-electron chi connectivity index (χ0n) is 26.9. The quantitative estimate of drug-likeness (QED) is 0.0450. The van der Waals surface area contributed by atoms with Crippen LogP contribution in [0.3, 0.4) is 0 Å². The van der Waals surface area contributed by atoms with Crippen molar-refractivity contribution < 1.29 is 18.9 Å². The molecule has 0 aliphatic heterocycles. The SMILES string of the molecule is CCCCCCCCOC(CCCCCCCCCCCC=COCOCCCC)OCCCCCCCC. The van der Waals surface area contributed by atoms with Crippen LogP contribution in [0, 0.1) is 0 Å². The Balaban J connectivity index is 3.70. The van der Waals surface area contributed by atoms with Gasteiger partial charge in [-0.05, 0) is 51.0 Å². The highest BCUT2D eigenvalue weighted by Crippen LogP contribution is 2.15. The highest BCUT2D eigenvalue weighted by atomic mass is 16.7. The van der Waals surface area contributed by atoms with Gasteiger partial charge in [-0.15, -0.1) is 0 Å². The van der Waals surface area contributed by atoms with Gasteiger partial charge in [0.25, 0.3) is 0 Å². The van der Waals surface area contributed by atoms with E-state index in [1.165, 1.54) is 141 Å². The highest BCUT2D eigenvalue weighted by molar-refractivity contribution is 4.72. The molecule has 0 unspecified atom stereocenters. The molecule has 0 rings (SSSR count). The number of allylic oxidation sites excluding steroid dienone is 1. The number of hydrogen-bond acceptors (Lipinski definition) is 4. The molecule has 0 aromatic heterocycles. The number of hydrogen-bond donors (Lipinski definition) is 0. The van der Waals surface area contributed by atoms with E-state index in [0.29, 0.717) is 6.79 Å². The summed E-state index contributed by atoms with van der Waals surface area (Å²) in [6, 6.07) is 0. The van der Waals surface area contributed by atoms with Gasteiger partial charge in [-0.3, -0.25) is 0 Å². The van der Waals surface area contributed by atoms with Gasteiger partial charge in [0.05, 0.1) is 12.9 Å². The van der Waals surface area contributed by atoms with Gasteiger partial charge >= 0.3 is 0 Å². The lowest BCUT2D eigenvalue weighted by Crippen LogP contribution is -2.19. The summed E-state index contributed by atoms with van der Waals surface area (Å²) in [5.74, 6) is 0. The summed E-state index contributed by atoms with van der Waals surface area (Å²) in [6.07, 6.45) is 36.1. The molecule has 0 saturated heterocycles. The predicted molar refractivity (Wildman–Crippen MR) is 169 cm³/mol. The molecule has 0 fully saturated rings. The summed E-state index contributed by atoms with van der Waals surface area (Å²) in [6.45, 7) is 9.64. The van der Waals surface area contributed by atoms with Crippen molar-refractivity contribution in [1.29, 1.82) is 0 Å². The lowest BCUT2D eigenvalue weighted by molar-refractivity contribution is -0.148. The Labute approximate surface area is 245 Å². The van der Waals surface area contributed by atoms with Gasteiger partial charge in [0.2, 0.25) is 0 Å². The molecule has 0 atom stereocenters. The Hall–Kier alpha value is -0.580. The van der Waals surface area contributed by atoms with Crippen molar-refractivity contribution in [3.8, 4) is 0 Å². The average molecular weight is 555 g/mol. The van der Waals surface area contributed by atoms with E-state index in [1.54, 1.807) is 6.26 Å². The molecule has 0 spiro atoms. The Morgan fingerprint density at radius 2 is 0.923 bits per heavy atom. The van der Waals surface area contributed by atoms with Crippen LogP contribution in [0.1, 0.15) is 181 Å². The molecule has 0 saturated carbocycles. The minimum Gasteiger partial charge on any atom is -0.475 e. The number of rotatable bonds is 34. The largest absolute Gasteiger partial charge is 0.475 e. The molecule has 234 valence electrons. The summed E-state index contributed by atoms with van der Waals surface area (Å²) < 4.78 is 23.1. The Morgan fingerprint density at radius 3 is 1.46 bits per heavy atom. The van der Waals surface area contributed by atoms with E-state index in [9.17, 15) is 0 Å². The highest BCUT2D eigenvalue weighted by Gasteiger charge is 2.09. The predicted octanol–water partition coefficient (Wildman–Crippen LogP) is 11.7. The van der Waals surface area contributed by atoms with Gasteiger partial charge in [-0.25, -0.2) is 0 Å². The molecule has 4 nitrogen and oxygen atoms in total. The summed E-state index contributed by atoms with van der Waals surface area (Å²) in [4.78, 5) is 0. The van der Waals surface area contributed by atoms with Crippen LogP contribution in [-0.4, -0.2) is 32.9 Å². The molecule has 4 heteroatoms. The zero-order valence-corrected chi connectivity index (χ0v) is 26.9. The van der Waals surface area contributed by atoms with Crippen LogP contribution < -0.4 is 0 Å². The van der Waals surface area contributed by atoms with Crippen molar-refractivity contribution in [1.82, 2.24) is 0 Å². The van der Waals surface area contributed by atoms with E-state index in [2.05, 4.69) is 26.8 Å². The molecule has 39 heavy (non-hydrogen) atoms. The topological polar surface area (TPSA) is 36.9 Å². The smallest absolute Gasteiger partial charge is 0.188 e. The van der Waals surface area contributed by atoms with Crippen molar-refractivity contribution >= 4 is 0 Å². The van der Waals surface area contributed by atoms with Crippen LogP contribution >= 0.6 is 0 Å². The maximum Gasteiger partial charge on any atom is 0.188 e. The summed E-state index contributed by atoms with van der Waals surface area (Å²) in [5.41, 5.74) is 0. The lowest BCUT2D eigenvalue weighted by atomic mass is 10.1. The van der Waals surface area contributed by atoms with Crippen LogP contribution in [0.4, 0.5) is 0 Å². The van der Waals surface area contributed by atoms with Crippen molar-refractivity contribution in [2.75, 3.05) is 26.6 Å². The molecule has 0 heterocycles. The Morgan fingerprint density at radius 1 is 0.462 bits per heavy atom. The third-order valence-corrected chi connectivity index (χ3v) is 7.40. The molecule has 0 N–H and O–H groups in total. The van der Waals surface area contributed by atoms with Crippen molar-refractivity contribution in [2.24, 2.45) is 0 Å². The second-order valence-corrected chi connectivity index (χ2v) is 11.4. The first-order valence-electron chi connectivity index (χ1n) is 17.4. The molecule has 0 aromatic carbocycles. The number of unbranched alkanes of at least 4 members (excludes halogenated alkanes) is 20. The Kier molecular flexibility index (Phi) is 34.9. The fraction of sp³-hybridized carbons (Fsp3) is 0.943. The van der Waals surface area contributed by atoms with E-state index in [4.69, 9.17) is 18.9 Å². The minimum atomic E-state index is 0.0179. The molecule has 0 bridgehead atoms. The second-order valence-electron chi connectivity index (χ2n) is 11.4. The van der Waals surface area contributed by atoms with Crippen LogP contribution in [0.5, 0.6) is 0 Å². The number of ether oxygens (including phenoxy) is 4. The van der Waals surface area contributed by atoms with E-state index in [0.717, 1.165) is 39.1 Å². The normalized spacial score (nSPS) is 11.8. The third-order valence-electron chi connectivity index (χ3n) is 7.40. The summed E-state index contributed by atoms with van der Waals surface area (Å²) >= 11 is 0. The van der Waals surface area contributed by atoms with Crippen LogP contribution in [0.2, 0.25) is 0 Å². The van der Waals surface area contributed by atoms with Crippen molar-refractivity contribution in [3.63, 3.8) is 0 Å². The first kappa shape index (κ1) is 38.4. The van der Waals surface area contributed by atoms with Crippen LogP contribution in [0.15, 0.2) is 12.3 Å². The van der Waals surface area contributed by atoms with Gasteiger partial charge in [0.1, 0.15) is 0 Å². The Bertz CT molecular complexity index is 436. The minimum absolute atomic E-state index is 0.0179. The molecule has 0 aliphatic carbocycles. The van der Waals surface area contributed by atoms with Gasteiger partial charge < -0.3 is 18.9 Å². The summed E-state index contributed by atoms with van der Waals surface area (Å²) in [5, 5.41) is 0. The van der Waals surface area contributed by atoms with Gasteiger partial charge in [0.15, 0.2) is 13.1 Å². The fourth-order valence-electron chi connectivity index (χ4n) is 4.75. The average Bonchev–Trinajstić information content (AvgIpc) is 2.95. The van der Waals surface area contributed by atoms with E-state index >= 15 is 0 Å². The molecule has 0 amide bonds.